The fourth-order valence-electron chi connectivity index (χ4n) is 2.13. The van der Waals surface area contributed by atoms with Crippen molar-refractivity contribution in [3.8, 4) is 11.1 Å². The van der Waals surface area contributed by atoms with E-state index in [-0.39, 0.29) is 0 Å². The molecule has 0 unspecified atom stereocenters. The molecule has 0 radical (unpaired) electrons. The van der Waals surface area contributed by atoms with Crippen LogP contribution in [0.1, 0.15) is 25.8 Å². The number of carboxylic acids is 1. The molecule has 4 nitrogen and oxygen atoms in total. The summed E-state index contributed by atoms with van der Waals surface area (Å²) in [7, 11) is 0. The van der Waals surface area contributed by atoms with E-state index in [2.05, 4.69) is 28.5 Å². The number of hydrogen-bond acceptors (Lipinski definition) is 3. The van der Waals surface area contributed by atoms with Gasteiger partial charge in [0.1, 0.15) is 0 Å². The van der Waals surface area contributed by atoms with Gasteiger partial charge < -0.3 is 10.4 Å². The lowest BCUT2D eigenvalue weighted by atomic mass is 9.90. The van der Waals surface area contributed by atoms with Crippen LogP contribution in [0.4, 0.5) is 0 Å². The molecule has 0 aliphatic heterocycles. The summed E-state index contributed by atoms with van der Waals surface area (Å²) in [6.45, 7) is 4.90. The fourth-order valence-corrected chi connectivity index (χ4v) is 2.13. The van der Waals surface area contributed by atoms with E-state index in [1.807, 2.05) is 24.4 Å². The standard InChI is InChI=1S/C18H22N2O2/c1-18(2,17(21)22)8-10-20-12-14-5-3-6-15(11-14)16-7-4-9-19-13-16/h3-7,9,11,13,20H,8,10,12H2,1-2H3,(H,21,22). The predicted octanol–water partition coefficient (Wildman–Crippen LogP) is 3.34. The molecular formula is C18H22N2O2. The first-order chi connectivity index (χ1) is 10.5. The second kappa shape index (κ2) is 7.18. The number of aromatic nitrogens is 1. The molecule has 2 N–H and O–H groups in total. The molecule has 0 atom stereocenters. The summed E-state index contributed by atoms with van der Waals surface area (Å²) in [5.41, 5.74) is 2.72. The second-order valence-corrected chi connectivity index (χ2v) is 6.06. The van der Waals surface area contributed by atoms with Crippen LogP contribution in [0.2, 0.25) is 0 Å². The summed E-state index contributed by atoms with van der Waals surface area (Å²) in [6.07, 6.45) is 4.21. The maximum atomic E-state index is 11.1. The van der Waals surface area contributed by atoms with Crippen LogP contribution in [0, 0.1) is 5.41 Å². The highest BCUT2D eigenvalue weighted by atomic mass is 16.4. The van der Waals surface area contributed by atoms with E-state index in [4.69, 9.17) is 5.11 Å². The van der Waals surface area contributed by atoms with Crippen LogP contribution in [-0.4, -0.2) is 22.6 Å². The van der Waals surface area contributed by atoms with Gasteiger partial charge in [-0.15, -0.1) is 0 Å². The normalized spacial score (nSPS) is 11.4. The summed E-state index contributed by atoms with van der Waals surface area (Å²) in [4.78, 5) is 15.2. The van der Waals surface area contributed by atoms with Gasteiger partial charge in [-0.25, -0.2) is 0 Å². The molecule has 0 spiro atoms. The summed E-state index contributed by atoms with van der Waals surface area (Å²) < 4.78 is 0. The third kappa shape index (κ3) is 4.40. The molecule has 0 aliphatic rings. The number of carbonyl (C=O) groups is 1. The van der Waals surface area contributed by atoms with Crippen LogP contribution in [-0.2, 0) is 11.3 Å². The van der Waals surface area contributed by atoms with Gasteiger partial charge in [0, 0.05) is 18.9 Å². The molecule has 1 heterocycles. The first-order valence-corrected chi connectivity index (χ1v) is 7.42. The Morgan fingerprint density at radius 2 is 2.00 bits per heavy atom. The zero-order chi connectivity index (χ0) is 16.0. The third-order valence-corrected chi connectivity index (χ3v) is 3.76. The maximum Gasteiger partial charge on any atom is 0.309 e. The Hall–Kier alpha value is -2.20. The second-order valence-electron chi connectivity index (χ2n) is 6.06. The Balaban J connectivity index is 1.91. The average molecular weight is 298 g/mol. The van der Waals surface area contributed by atoms with E-state index >= 15 is 0 Å². The Bertz CT molecular complexity index is 624. The van der Waals surface area contributed by atoms with Crippen molar-refractivity contribution in [3.05, 3.63) is 54.4 Å². The van der Waals surface area contributed by atoms with E-state index in [1.165, 1.54) is 5.56 Å². The maximum absolute atomic E-state index is 11.1. The molecule has 0 aliphatic carbocycles. The first-order valence-electron chi connectivity index (χ1n) is 7.42. The molecule has 2 aromatic rings. The van der Waals surface area contributed by atoms with Crippen molar-refractivity contribution < 1.29 is 9.90 Å². The Kier molecular flexibility index (Phi) is 5.28. The van der Waals surface area contributed by atoms with Crippen molar-refractivity contribution >= 4 is 5.97 Å². The van der Waals surface area contributed by atoms with Gasteiger partial charge in [-0.3, -0.25) is 9.78 Å². The average Bonchev–Trinajstić information content (AvgIpc) is 2.53. The van der Waals surface area contributed by atoms with Crippen LogP contribution in [0.3, 0.4) is 0 Å². The van der Waals surface area contributed by atoms with Gasteiger partial charge in [-0.1, -0.05) is 24.3 Å². The molecule has 22 heavy (non-hydrogen) atoms. The van der Waals surface area contributed by atoms with Gasteiger partial charge in [0.25, 0.3) is 0 Å². The van der Waals surface area contributed by atoms with Crippen molar-refractivity contribution in [1.29, 1.82) is 0 Å². The topological polar surface area (TPSA) is 62.2 Å². The monoisotopic (exact) mass is 298 g/mol. The van der Waals surface area contributed by atoms with E-state index < -0.39 is 11.4 Å². The molecular weight excluding hydrogens is 276 g/mol. The first kappa shape index (κ1) is 16.2. The number of hydrogen-bond donors (Lipinski definition) is 2. The summed E-state index contributed by atoms with van der Waals surface area (Å²) in [5.74, 6) is -0.757. The SMILES string of the molecule is CC(C)(CCNCc1cccc(-c2cccnc2)c1)C(=O)O. The van der Waals surface area contributed by atoms with Crippen molar-refractivity contribution in [2.75, 3.05) is 6.54 Å². The minimum absolute atomic E-state index is 0.602. The van der Waals surface area contributed by atoms with Crippen LogP contribution < -0.4 is 5.32 Å². The molecule has 0 saturated heterocycles. The van der Waals surface area contributed by atoms with Crippen LogP contribution in [0.25, 0.3) is 11.1 Å². The fraction of sp³-hybridized carbons (Fsp3) is 0.333. The molecule has 1 aromatic heterocycles. The van der Waals surface area contributed by atoms with Gasteiger partial charge in [0.2, 0.25) is 0 Å². The quantitative estimate of drug-likeness (QED) is 0.770. The van der Waals surface area contributed by atoms with Crippen molar-refractivity contribution in [2.45, 2.75) is 26.8 Å². The number of nitrogens with one attached hydrogen (secondary N) is 1. The lowest BCUT2D eigenvalue weighted by Gasteiger charge is -2.19. The minimum Gasteiger partial charge on any atom is -0.481 e. The number of carboxylic acid groups (broad SMARTS) is 1. The van der Waals surface area contributed by atoms with Gasteiger partial charge in [0.05, 0.1) is 5.41 Å². The van der Waals surface area contributed by atoms with E-state index in [0.717, 1.165) is 17.7 Å². The molecule has 2 rings (SSSR count). The molecule has 0 amide bonds. The van der Waals surface area contributed by atoms with Crippen molar-refractivity contribution in [2.24, 2.45) is 5.41 Å². The number of aliphatic carboxylic acids is 1. The van der Waals surface area contributed by atoms with Gasteiger partial charge in [0.15, 0.2) is 0 Å². The molecule has 0 bridgehead atoms. The highest BCUT2D eigenvalue weighted by Crippen LogP contribution is 2.20. The Morgan fingerprint density at radius 1 is 1.23 bits per heavy atom. The van der Waals surface area contributed by atoms with Gasteiger partial charge in [-0.05, 0) is 55.6 Å². The largest absolute Gasteiger partial charge is 0.481 e. The minimum atomic E-state index is -0.757. The van der Waals surface area contributed by atoms with Crippen molar-refractivity contribution in [1.82, 2.24) is 10.3 Å². The van der Waals surface area contributed by atoms with Gasteiger partial charge >= 0.3 is 5.97 Å². The van der Waals surface area contributed by atoms with Gasteiger partial charge in [-0.2, -0.15) is 0 Å². The molecule has 1 aromatic carbocycles. The molecule has 116 valence electrons. The summed E-state index contributed by atoms with van der Waals surface area (Å²) in [6, 6.07) is 12.2. The number of rotatable bonds is 7. The summed E-state index contributed by atoms with van der Waals surface area (Å²) in [5, 5.41) is 12.4. The third-order valence-electron chi connectivity index (χ3n) is 3.76. The zero-order valence-corrected chi connectivity index (χ0v) is 13.0. The Labute approximate surface area is 131 Å². The van der Waals surface area contributed by atoms with E-state index in [0.29, 0.717) is 13.0 Å². The molecule has 4 heteroatoms. The summed E-state index contributed by atoms with van der Waals surface area (Å²) >= 11 is 0. The number of benzene rings is 1. The van der Waals surface area contributed by atoms with Crippen molar-refractivity contribution in [3.63, 3.8) is 0 Å². The predicted molar refractivity (Wildman–Crippen MR) is 87.4 cm³/mol. The smallest absolute Gasteiger partial charge is 0.309 e. The lowest BCUT2D eigenvalue weighted by molar-refractivity contribution is -0.147. The molecule has 0 saturated carbocycles. The highest BCUT2D eigenvalue weighted by molar-refractivity contribution is 5.73. The van der Waals surface area contributed by atoms with E-state index in [1.54, 1.807) is 20.0 Å². The Morgan fingerprint density at radius 3 is 2.68 bits per heavy atom. The zero-order valence-electron chi connectivity index (χ0n) is 13.0. The molecule has 0 fully saturated rings. The van der Waals surface area contributed by atoms with Crippen LogP contribution in [0.5, 0.6) is 0 Å². The van der Waals surface area contributed by atoms with E-state index in [9.17, 15) is 4.79 Å². The number of nitrogens with zero attached hydrogens (tertiary/aromatic N) is 1. The van der Waals surface area contributed by atoms with Crippen LogP contribution >= 0.6 is 0 Å². The lowest BCUT2D eigenvalue weighted by Crippen LogP contribution is -2.28. The highest BCUT2D eigenvalue weighted by Gasteiger charge is 2.25. The van der Waals surface area contributed by atoms with Crippen LogP contribution in [0.15, 0.2) is 48.8 Å². The number of pyridine rings is 1.